The van der Waals surface area contributed by atoms with Crippen LogP contribution >= 0.6 is 11.3 Å². The fraction of sp³-hybridized carbons (Fsp3) is 0.375. The van der Waals surface area contributed by atoms with Gasteiger partial charge in [-0.25, -0.2) is 0 Å². The Labute approximate surface area is 119 Å². The lowest BCUT2D eigenvalue weighted by atomic mass is 10.1. The van der Waals surface area contributed by atoms with Gasteiger partial charge >= 0.3 is 0 Å². The summed E-state index contributed by atoms with van der Waals surface area (Å²) in [6.07, 6.45) is 1.09. The topological polar surface area (TPSA) is 29.3 Å². The molecule has 2 rings (SSSR count). The van der Waals surface area contributed by atoms with Crippen molar-refractivity contribution in [2.75, 3.05) is 11.9 Å². The van der Waals surface area contributed by atoms with Crippen LogP contribution in [0.5, 0.6) is 0 Å². The van der Waals surface area contributed by atoms with Crippen molar-refractivity contribution in [1.29, 1.82) is 0 Å². The number of nitrogens with zero attached hydrogens (tertiary/aromatic N) is 1. The first-order chi connectivity index (χ1) is 9.11. The van der Waals surface area contributed by atoms with Gasteiger partial charge in [0.1, 0.15) is 0 Å². The molecule has 0 saturated carbocycles. The first-order valence-corrected chi connectivity index (χ1v) is 7.54. The van der Waals surface area contributed by atoms with Crippen molar-refractivity contribution in [2.45, 2.75) is 32.9 Å². The van der Waals surface area contributed by atoms with Crippen molar-refractivity contribution < 1.29 is 0 Å². The summed E-state index contributed by atoms with van der Waals surface area (Å²) in [5.41, 5.74) is 9.47. The fourth-order valence-corrected chi connectivity index (χ4v) is 3.16. The van der Waals surface area contributed by atoms with Gasteiger partial charge in [-0.1, -0.05) is 18.2 Å². The van der Waals surface area contributed by atoms with Crippen LogP contribution in [0.2, 0.25) is 0 Å². The molecule has 19 heavy (non-hydrogen) atoms. The molecule has 0 spiro atoms. The van der Waals surface area contributed by atoms with Crippen LogP contribution in [0.15, 0.2) is 35.7 Å². The minimum atomic E-state index is 0.487. The molecule has 0 bridgehead atoms. The Morgan fingerprint density at radius 3 is 2.68 bits per heavy atom. The predicted octanol–water partition coefficient (Wildman–Crippen LogP) is 3.58. The minimum Gasteiger partial charge on any atom is -0.371 e. The summed E-state index contributed by atoms with van der Waals surface area (Å²) in [5.74, 6) is 0. The summed E-state index contributed by atoms with van der Waals surface area (Å²) in [6, 6.07) is 11.3. The van der Waals surface area contributed by atoms with E-state index >= 15 is 0 Å². The van der Waals surface area contributed by atoms with Crippen molar-refractivity contribution in [3.63, 3.8) is 0 Å². The van der Waals surface area contributed by atoms with E-state index in [9.17, 15) is 0 Å². The number of rotatable bonds is 5. The number of hydrogen-bond acceptors (Lipinski definition) is 3. The third-order valence-corrected chi connectivity index (χ3v) is 4.51. The molecule has 2 aromatic rings. The Morgan fingerprint density at radius 1 is 1.32 bits per heavy atom. The summed E-state index contributed by atoms with van der Waals surface area (Å²) in [4.78, 5) is 3.80. The highest BCUT2D eigenvalue weighted by Gasteiger charge is 2.13. The fourth-order valence-electron chi connectivity index (χ4n) is 2.33. The molecule has 1 unspecified atom stereocenters. The van der Waals surface area contributed by atoms with Crippen molar-refractivity contribution in [2.24, 2.45) is 5.73 Å². The van der Waals surface area contributed by atoms with Crippen LogP contribution < -0.4 is 10.6 Å². The van der Waals surface area contributed by atoms with Gasteiger partial charge in [-0.2, -0.15) is 0 Å². The molecule has 0 aliphatic rings. The van der Waals surface area contributed by atoms with Crippen LogP contribution in [0.3, 0.4) is 0 Å². The van der Waals surface area contributed by atoms with Crippen LogP contribution in [0, 0.1) is 6.92 Å². The Hall–Kier alpha value is -1.32. The van der Waals surface area contributed by atoms with Crippen LogP contribution in [0.4, 0.5) is 5.69 Å². The van der Waals surface area contributed by atoms with Crippen LogP contribution in [0.1, 0.15) is 22.9 Å². The number of hydrogen-bond donors (Lipinski definition) is 1. The maximum atomic E-state index is 5.68. The van der Waals surface area contributed by atoms with Crippen molar-refractivity contribution in [3.05, 3.63) is 51.7 Å². The van der Waals surface area contributed by atoms with Gasteiger partial charge in [0, 0.05) is 36.6 Å². The largest absolute Gasteiger partial charge is 0.371 e. The number of benzene rings is 1. The van der Waals surface area contributed by atoms with Gasteiger partial charge in [0.2, 0.25) is 0 Å². The molecule has 0 fully saturated rings. The average molecular weight is 274 g/mol. The van der Waals surface area contributed by atoms with Crippen molar-refractivity contribution in [1.82, 2.24) is 0 Å². The maximum Gasteiger partial charge on any atom is 0.0396 e. The van der Waals surface area contributed by atoms with Gasteiger partial charge in [0.25, 0.3) is 0 Å². The van der Waals surface area contributed by atoms with Gasteiger partial charge in [-0.3, -0.25) is 0 Å². The van der Waals surface area contributed by atoms with Crippen LogP contribution in [-0.4, -0.2) is 13.1 Å². The summed E-state index contributed by atoms with van der Waals surface area (Å²) in [7, 11) is 2.17. The molecule has 102 valence electrons. The number of likely N-dealkylation sites (N-methyl/N-ethyl adjacent to an activating group) is 1. The maximum absolute atomic E-state index is 5.68. The normalized spacial score (nSPS) is 12.4. The van der Waals surface area contributed by atoms with Crippen LogP contribution in [-0.2, 0) is 13.0 Å². The molecule has 1 aromatic carbocycles. The monoisotopic (exact) mass is 274 g/mol. The molecular formula is C16H22N2S. The van der Waals surface area contributed by atoms with Gasteiger partial charge in [0.15, 0.2) is 0 Å². The van der Waals surface area contributed by atoms with E-state index in [0.29, 0.717) is 12.6 Å². The van der Waals surface area contributed by atoms with E-state index in [-0.39, 0.29) is 0 Å². The number of thiophene rings is 1. The summed E-state index contributed by atoms with van der Waals surface area (Å²) in [5, 5.41) is 2.14. The highest BCUT2D eigenvalue weighted by Crippen LogP contribution is 2.24. The highest BCUT2D eigenvalue weighted by molar-refractivity contribution is 7.09. The van der Waals surface area contributed by atoms with Gasteiger partial charge < -0.3 is 10.6 Å². The number of nitrogens with two attached hydrogens (primary N) is 1. The summed E-state index contributed by atoms with van der Waals surface area (Å²) >= 11 is 1.83. The molecule has 0 aliphatic heterocycles. The zero-order valence-corrected chi connectivity index (χ0v) is 12.7. The van der Waals surface area contributed by atoms with E-state index in [2.05, 4.69) is 61.5 Å². The van der Waals surface area contributed by atoms with E-state index in [1.807, 2.05) is 11.3 Å². The second-order valence-electron chi connectivity index (χ2n) is 5.07. The summed E-state index contributed by atoms with van der Waals surface area (Å²) in [6.45, 7) is 5.04. The first-order valence-electron chi connectivity index (χ1n) is 6.66. The highest BCUT2D eigenvalue weighted by atomic mass is 32.1. The molecule has 2 N–H and O–H groups in total. The van der Waals surface area contributed by atoms with Crippen LogP contribution in [0.25, 0.3) is 0 Å². The Balaban J connectivity index is 2.12. The molecule has 1 aromatic heterocycles. The van der Waals surface area contributed by atoms with E-state index < -0.39 is 0 Å². The smallest absolute Gasteiger partial charge is 0.0396 e. The van der Waals surface area contributed by atoms with Gasteiger partial charge in [-0.05, 0) is 42.5 Å². The standard InChI is InChI=1S/C16H22N2S/c1-12-9-14(11-17)6-7-16(12)18(3)13(2)10-15-5-4-8-19-15/h4-9,13H,10-11,17H2,1-3H3. The molecule has 1 atom stereocenters. The molecule has 0 aliphatic carbocycles. The average Bonchev–Trinajstić information content (AvgIpc) is 2.90. The molecular weight excluding hydrogens is 252 g/mol. The SMILES string of the molecule is Cc1cc(CN)ccc1N(C)C(C)Cc1cccs1. The third-order valence-electron chi connectivity index (χ3n) is 3.61. The quantitative estimate of drug-likeness (QED) is 0.903. The number of anilines is 1. The predicted molar refractivity (Wildman–Crippen MR) is 85.0 cm³/mol. The van der Waals surface area contributed by atoms with E-state index in [0.717, 1.165) is 6.42 Å². The molecule has 0 amide bonds. The Bertz CT molecular complexity index is 520. The molecule has 2 nitrogen and oxygen atoms in total. The molecule has 0 saturated heterocycles. The number of aryl methyl sites for hydroxylation is 1. The zero-order chi connectivity index (χ0) is 13.8. The molecule has 0 radical (unpaired) electrons. The van der Waals surface area contributed by atoms with Gasteiger partial charge in [0.05, 0.1) is 0 Å². The minimum absolute atomic E-state index is 0.487. The second kappa shape index (κ2) is 6.22. The van der Waals surface area contributed by atoms with Crippen molar-refractivity contribution >= 4 is 17.0 Å². The van der Waals surface area contributed by atoms with E-state index in [1.165, 1.54) is 21.7 Å². The first kappa shape index (κ1) is 14.1. The van der Waals surface area contributed by atoms with Gasteiger partial charge in [-0.15, -0.1) is 11.3 Å². The summed E-state index contributed by atoms with van der Waals surface area (Å²) < 4.78 is 0. The Kier molecular flexibility index (Phi) is 4.61. The van der Waals surface area contributed by atoms with Crippen molar-refractivity contribution in [3.8, 4) is 0 Å². The third kappa shape index (κ3) is 3.37. The van der Waals surface area contributed by atoms with E-state index in [4.69, 9.17) is 5.73 Å². The Morgan fingerprint density at radius 2 is 2.11 bits per heavy atom. The molecule has 1 heterocycles. The lowest BCUT2D eigenvalue weighted by Crippen LogP contribution is -2.31. The zero-order valence-electron chi connectivity index (χ0n) is 11.9. The molecule has 3 heteroatoms. The lowest BCUT2D eigenvalue weighted by Gasteiger charge is -2.28. The van der Waals surface area contributed by atoms with E-state index in [1.54, 1.807) is 0 Å². The lowest BCUT2D eigenvalue weighted by molar-refractivity contribution is 0.686. The second-order valence-corrected chi connectivity index (χ2v) is 6.10.